The summed E-state index contributed by atoms with van der Waals surface area (Å²) in [6.07, 6.45) is 0. The van der Waals surface area contributed by atoms with Crippen LogP contribution in [-0.4, -0.2) is 12.2 Å². The van der Waals surface area contributed by atoms with Crippen LogP contribution in [0.5, 0.6) is 11.5 Å². The highest BCUT2D eigenvalue weighted by molar-refractivity contribution is 5.65. The molecular weight excluding hydrogens is 252 g/mol. The Morgan fingerprint density at radius 3 is 2.80 bits per heavy atom. The number of ether oxygens (including phenoxy) is 1. The fourth-order valence-corrected chi connectivity index (χ4v) is 2.63. The molecule has 2 N–H and O–H groups in total. The van der Waals surface area contributed by atoms with Crippen molar-refractivity contribution in [2.45, 2.75) is 12.0 Å². The molecule has 0 saturated carbocycles. The van der Waals surface area contributed by atoms with Gasteiger partial charge in [0, 0.05) is 11.8 Å². The molecule has 3 rings (SSSR count). The molecule has 0 bridgehead atoms. The van der Waals surface area contributed by atoms with Gasteiger partial charge in [-0.05, 0) is 29.3 Å². The van der Waals surface area contributed by atoms with Crippen molar-refractivity contribution in [2.24, 2.45) is 0 Å². The Hall–Kier alpha value is -2.67. The van der Waals surface area contributed by atoms with Crippen LogP contribution in [0, 0.1) is 11.3 Å². The number of phenols is 1. The third kappa shape index (κ3) is 1.94. The number of fused-ring (bicyclic) bond motifs is 1. The van der Waals surface area contributed by atoms with Crippen molar-refractivity contribution < 1.29 is 9.84 Å². The third-order valence-corrected chi connectivity index (χ3v) is 3.61. The van der Waals surface area contributed by atoms with E-state index in [0.717, 1.165) is 22.6 Å². The maximum atomic E-state index is 9.60. The molecule has 0 saturated heterocycles. The van der Waals surface area contributed by atoms with Gasteiger partial charge in [-0.1, -0.05) is 18.2 Å². The van der Waals surface area contributed by atoms with Crippen LogP contribution < -0.4 is 10.1 Å². The van der Waals surface area contributed by atoms with Gasteiger partial charge < -0.3 is 15.2 Å². The molecule has 4 heteroatoms. The Bertz CT molecular complexity index is 691. The second-order valence-electron chi connectivity index (χ2n) is 4.78. The van der Waals surface area contributed by atoms with E-state index < -0.39 is 0 Å². The number of nitriles is 1. The number of hydrogen-bond donors (Lipinski definition) is 2. The van der Waals surface area contributed by atoms with Crippen LogP contribution in [-0.2, 0) is 0 Å². The van der Waals surface area contributed by atoms with E-state index in [4.69, 9.17) is 4.74 Å². The van der Waals surface area contributed by atoms with Gasteiger partial charge in [0.05, 0.1) is 25.1 Å². The van der Waals surface area contributed by atoms with Crippen LogP contribution in [0.1, 0.15) is 23.1 Å². The van der Waals surface area contributed by atoms with E-state index in [1.807, 2.05) is 24.3 Å². The van der Waals surface area contributed by atoms with Crippen molar-refractivity contribution >= 4 is 5.69 Å². The molecule has 1 aliphatic heterocycles. The number of methoxy groups -OCH3 is 1. The lowest BCUT2D eigenvalue weighted by Crippen LogP contribution is -2.10. The molecule has 0 aromatic heterocycles. The number of nitrogens with zero attached hydrogens (tertiary/aromatic N) is 1. The van der Waals surface area contributed by atoms with Crippen molar-refractivity contribution in [3.8, 4) is 17.6 Å². The number of rotatable bonds is 2. The molecule has 0 amide bonds. The first-order valence-electron chi connectivity index (χ1n) is 6.36. The summed E-state index contributed by atoms with van der Waals surface area (Å²) in [7, 11) is 1.62. The van der Waals surface area contributed by atoms with E-state index >= 15 is 0 Å². The lowest BCUT2D eigenvalue weighted by atomic mass is 9.92. The van der Waals surface area contributed by atoms with E-state index in [0.29, 0.717) is 0 Å². The minimum Gasteiger partial charge on any atom is -0.508 e. The molecular formula is C16H14N2O2. The second kappa shape index (κ2) is 4.78. The van der Waals surface area contributed by atoms with Gasteiger partial charge in [-0.3, -0.25) is 0 Å². The van der Waals surface area contributed by atoms with Crippen molar-refractivity contribution in [2.75, 3.05) is 12.4 Å². The Morgan fingerprint density at radius 2 is 2.10 bits per heavy atom. The van der Waals surface area contributed by atoms with Crippen molar-refractivity contribution in [1.29, 1.82) is 5.26 Å². The Balaban J connectivity index is 2.02. The predicted molar refractivity (Wildman–Crippen MR) is 75.8 cm³/mol. The lowest BCUT2D eigenvalue weighted by Gasteiger charge is -2.15. The molecule has 0 fully saturated rings. The number of benzene rings is 2. The zero-order chi connectivity index (χ0) is 14.1. The minimum absolute atomic E-state index is 0.158. The van der Waals surface area contributed by atoms with E-state index in [1.54, 1.807) is 25.3 Å². The van der Waals surface area contributed by atoms with E-state index in [2.05, 4.69) is 11.4 Å². The van der Waals surface area contributed by atoms with Gasteiger partial charge in [-0.15, -0.1) is 0 Å². The molecule has 1 aliphatic rings. The summed E-state index contributed by atoms with van der Waals surface area (Å²) < 4.78 is 5.21. The highest BCUT2D eigenvalue weighted by Crippen LogP contribution is 2.45. The zero-order valence-corrected chi connectivity index (χ0v) is 11.0. The zero-order valence-electron chi connectivity index (χ0n) is 11.0. The third-order valence-electron chi connectivity index (χ3n) is 3.61. The van der Waals surface area contributed by atoms with Crippen molar-refractivity contribution in [1.82, 2.24) is 0 Å². The van der Waals surface area contributed by atoms with Gasteiger partial charge in [-0.25, -0.2) is 0 Å². The molecule has 0 aliphatic carbocycles. The second-order valence-corrected chi connectivity index (χ2v) is 4.78. The first-order chi connectivity index (χ1) is 9.72. The number of anilines is 1. The molecule has 0 radical (unpaired) electrons. The highest BCUT2D eigenvalue weighted by atomic mass is 16.5. The smallest absolute Gasteiger partial charge is 0.120 e. The SMILES string of the molecule is COc1ccc2c(c1)NC(c1cccc(O)c1)C2C#N. The molecule has 100 valence electrons. The summed E-state index contributed by atoms with van der Waals surface area (Å²) in [4.78, 5) is 0. The number of phenolic OH excluding ortho intramolecular Hbond substituents is 1. The minimum atomic E-state index is -0.280. The van der Waals surface area contributed by atoms with Gasteiger partial charge >= 0.3 is 0 Å². The quantitative estimate of drug-likeness (QED) is 0.876. The maximum absolute atomic E-state index is 9.60. The first-order valence-corrected chi connectivity index (χ1v) is 6.36. The predicted octanol–water partition coefficient (Wildman–Crippen LogP) is 3.17. The molecule has 1 heterocycles. The molecule has 2 atom stereocenters. The summed E-state index contributed by atoms with van der Waals surface area (Å²) in [6.45, 7) is 0. The maximum Gasteiger partial charge on any atom is 0.120 e. The van der Waals surface area contributed by atoms with Crippen LogP contribution >= 0.6 is 0 Å². The van der Waals surface area contributed by atoms with Gasteiger partial charge in [0.1, 0.15) is 11.5 Å². The molecule has 2 aromatic carbocycles. The van der Waals surface area contributed by atoms with Crippen LogP contribution in [0.2, 0.25) is 0 Å². The van der Waals surface area contributed by atoms with Gasteiger partial charge in [0.15, 0.2) is 0 Å². The van der Waals surface area contributed by atoms with Crippen LogP contribution in [0.15, 0.2) is 42.5 Å². The first kappa shape index (κ1) is 12.4. The monoisotopic (exact) mass is 266 g/mol. The number of nitrogens with one attached hydrogen (secondary N) is 1. The summed E-state index contributed by atoms with van der Waals surface area (Å²) >= 11 is 0. The fraction of sp³-hybridized carbons (Fsp3) is 0.188. The van der Waals surface area contributed by atoms with Gasteiger partial charge in [0.2, 0.25) is 0 Å². The van der Waals surface area contributed by atoms with Crippen molar-refractivity contribution in [3.63, 3.8) is 0 Å². The van der Waals surface area contributed by atoms with Crippen LogP contribution in [0.3, 0.4) is 0 Å². The normalized spacial score (nSPS) is 19.8. The molecule has 4 nitrogen and oxygen atoms in total. The van der Waals surface area contributed by atoms with Crippen molar-refractivity contribution in [3.05, 3.63) is 53.6 Å². The van der Waals surface area contributed by atoms with E-state index in [-0.39, 0.29) is 17.7 Å². The average Bonchev–Trinajstić information content (AvgIpc) is 2.84. The largest absolute Gasteiger partial charge is 0.508 e. The molecule has 2 unspecified atom stereocenters. The van der Waals surface area contributed by atoms with Crippen LogP contribution in [0.25, 0.3) is 0 Å². The topological polar surface area (TPSA) is 65.3 Å². The lowest BCUT2D eigenvalue weighted by molar-refractivity contribution is 0.415. The van der Waals surface area contributed by atoms with E-state index in [1.165, 1.54) is 0 Å². The van der Waals surface area contributed by atoms with Crippen LogP contribution in [0.4, 0.5) is 5.69 Å². The molecule has 2 aromatic rings. The Morgan fingerprint density at radius 1 is 1.25 bits per heavy atom. The van der Waals surface area contributed by atoms with Gasteiger partial charge in [-0.2, -0.15) is 5.26 Å². The number of hydrogen-bond acceptors (Lipinski definition) is 4. The Labute approximate surface area is 117 Å². The summed E-state index contributed by atoms with van der Waals surface area (Å²) in [5.74, 6) is 0.678. The van der Waals surface area contributed by atoms with Gasteiger partial charge in [0.25, 0.3) is 0 Å². The number of aromatic hydroxyl groups is 1. The molecule has 0 spiro atoms. The van der Waals surface area contributed by atoms with E-state index in [9.17, 15) is 10.4 Å². The summed E-state index contributed by atoms with van der Waals surface area (Å²) in [5.41, 5.74) is 2.76. The highest BCUT2D eigenvalue weighted by Gasteiger charge is 2.33. The standard InChI is InChI=1S/C16H14N2O2/c1-20-12-5-6-13-14(9-17)16(18-15(13)8-12)10-3-2-4-11(19)7-10/h2-8,14,16,18-19H,1H3. The fourth-order valence-electron chi connectivity index (χ4n) is 2.63. The summed E-state index contributed by atoms with van der Waals surface area (Å²) in [6, 6.07) is 14.8. The average molecular weight is 266 g/mol. The Kier molecular flexibility index (Phi) is 2.96. The summed E-state index contributed by atoms with van der Waals surface area (Å²) in [5, 5.41) is 22.4. The molecule has 20 heavy (non-hydrogen) atoms.